The maximum absolute atomic E-state index is 13.9. The second kappa shape index (κ2) is 4.49. The molecule has 0 amide bonds. The Morgan fingerprint density at radius 2 is 1.95 bits per heavy atom. The highest BCUT2D eigenvalue weighted by Crippen LogP contribution is 2.56. The fourth-order valence-electron chi connectivity index (χ4n) is 2.86. The van der Waals surface area contributed by atoms with E-state index in [1.807, 2.05) is 0 Å². The van der Waals surface area contributed by atoms with Gasteiger partial charge in [0.25, 0.3) is 0 Å². The summed E-state index contributed by atoms with van der Waals surface area (Å²) in [6.07, 6.45) is 4.11. The molecule has 0 N–H and O–H groups in total. The SMILES string of the molecule is Fc1ccc(F)c([C@H]2C[C@@H]2c2cc(Cl)nn3ccnc23)c1. The zero-order valence-corrected chi connectivity index (χ0v) is 11.6. The third-order valence-corrected chi connectivity index (χ3v) is 4.09. The number of imidazole rings is 1. The van der Waals surface area contributed by atoms with Crippen LogP contribution in [0, 0.1) is 11.6 Å². The molecular formula is C15H10ClF2N3. The molecule has 21 heavy (non-hydrogen) atoms. The Labute approximate surface area is 124 Å². The summed E-state index contributed by atoms with van der Waals surface area (Å²) in [5.74, 6) is -0.745. The predicted molar refractivity (Wildman–Crippen MR) is 74.5 cm³/mol. The molecule has 106 valence electrons. The van der Waals surface area contributed by atoms with E-state index in [4.69, 9.17) is 11.6 Å². The Morgan fingerprint density at radius 3 is 2.81 bits per heavy atom. The molecule has 2 atom stereocenters. The fraction of sp³-hybridized carbons (Fsp3) is 0.200. The highest BCUT2D eigenvalue weighted by molar-refractivity contribution is 6.29. The lowest BCUT2D eigenvalue weighted by Gasteiger charge is -2.05. The first-order chi connectivity index (χ1) is 10.1. The number of benzene rings is 1. The van der Waals surface area contributed by atoms with E-state index in [2.05, 4.69) is 10.1 Å². The number of nitrogens with zero attached hydrogens (tertiary/aromatic N) is 3. The molecule has 2 heterocycles. The summed E-state index contributed by atoms with van der Waals surface area (Å²) >= 11 is 6.01. The van der Waals surface area contributed by atoms with Gasteiger partial charge in [0, 0.05) is 18.0 Å². The summed E-state index contributed by atoms with van der Waals surface area (Å²) in [4.78, 5) is 4.26. The smallest absolute Gasteiger partial charge is 0.157 e. The lowest BCUT2D eigenvalue weighted by molar-refractivity contribution is 0.585. The van der Waals surface area contributed by atoms with Crippen molar-refractivity contribution in [3.05, 3.63) is 64.6 Å². The summed E-state index contributed by atoms with van der Waals surface area (Å²) in [5, 5.41) is 4.48. The van der Waals surface area contributed by atoms with Crippen molar-refractivity contribution in [2.75, 3.05) is 0 Å². The van der Waals surface area contributed by atoms with Crippen molar-refractivity contribution in [1.82, 2.24) is 14.6 Å². The van der Waals surface area contributed by atoms with Gasteiger partial charge < -0.3 is 0 Å². The molecule has 0 unspecified atom stereocenters. The standard InChI is InChI=1S/C15H10ClF2N3/c16-14-7-12(15-19-3-4-21(15)20-14)10-6-9(10)11-5-8(17)1-2-13(11)18/h1-5,7,9-10H,6H2/t9-,10-/m0/s1. The van der Waals surface area contributed by atoms with Crippen molar-refractivity contribution < 1.29 is 8.78 Å². The van der Waals surface area contributed by atoms with Crippen LogP contribution < -0.4 is 0 Å². The third-order valence-electron chi connectivity index (χ3n) is 3.91. The Kier molecular flexibility index (Phi) is 2.72. The maximum atomic E-state index is 13.9. The van der Waals surface area contributed by atoms with Crippen LogP contribution in [-0.4, -0.2) is 14.6 Å². The van der Waals surface area contributed by atoms with Crippen molar-refractivity contribution in [2.24, 2.45) is 0 Å². The minimum atomic E-state index is -0.421. The zero-order chi connectivity index (χ0) is 14.6. The molecule has 4 rings (SSSR count). The Bertz CT molecular complexity index is 846. The maximum Gasteiger partial charge on any atom is 0.157 e. The molecule has 0 bridgehead atoms. The van der Waals surface area contributed by atoms with E-state index in [9.17, 15) is 8.78 Å². The van der Waals surface area contributed by atoms with Gasteiger partial charge in [0.05, 0.1) is 0 Å². The molecule has 1 fully saturated rings. The molecule has 0 spiro atoms. The van der Waals surface area contributed by atoms with Crippen LogP contribution >= 0.6 is 11.6 Å². The average molecular weight is 306 g/mol. The molecule has 1 aliphatic carbocycles. The van der Waals surface area contributed by atoms with Gasteiger partial charge in [0.1, 0.15) is 16.8 Å². The summed E-state index contributed by atoms with van der Waals surface area (Å²) < 4.78 is 28.8. The lowest BCUT2D eigenvalue weighted by atomic mass is 10.1. The number of hydrogen-bond donors (Lipinski definition) is 0. The summed E-state index contributed by atoms with van der Waals surface area (Å²) in [6.45, 7) is 0. The van der Waals surface area contributed by atoms with Crippen molar-refractivity contribution in [3.63, 3.8) is 0 Å². The van der Waals surface area contributed by atoms with Crippen molar-refractivity contribution in [2.45, 2.75) is 18.3 Å². The minimum Gasteiger partial charge on any atom is -0.235 e. The molecule has 6 heteroatoms. The van der Waals surface area contributed by atoms with Crippen LogP contribution in [-0.2, 0) is 0 Å². The van der Waals surface area contributed by atoms with Crippen LogP contribution in [0.25, 0.3) is 5.65 Å². The number of aromatic nitrogens is 3. The lowest BCUT2D eigenvalue weighted by Crippen LogP contribution is -1.97. The van der Waals surface area contributed by atoms with Gasteiger partial charge in [-0.2, -0.15) is 5.10 Å². The van der Waals surface area contributed by atoms with Gasteiger partial charge in [-0.1, -0.05) is 11.6 Å². The third kappa shape index (κ3) is 2.08. The normalized spacial score (nSPS) is 20.9. The quantitative estimate of drug-likeness (QED) is 0.718. The zero-order valence-electron chi connectivity index (χ0n) is 10.8. The number of hydrogen-bond acceptors (Lipinski definition) is 2. The van der Waals surface area contributed by atoms with Gasteiger partial charge in [-0.05, 0) is 48.1 Å². The monoisotopic (exact) mass is 305 g/mol. The highest BCUT2D eigenvalue weighted by atomic mass is 35.5. The molecule has 1 aliphatic rings. The predicted octanol–water partition coefficient (Wildman–Crippen LogP) is 3.93. The summed E-state index contributed by atoms with van der Waals surface area (Å²) in [5.41, 5.74) is 2.05. The van der Waals surface area contributed by atoms with Crippen LogP contribution in [0.4, 0.5) is 8.78 Å². The van der Waals surface area contributed by atoms with Crippen LogP contribution in [0.3, 0.4) is 0 Å². The fourth-order valence-corrected chi connectivity index (χ4v) is 3.06. The first-order valence-corrected chi connectivity index (χ1v) is 6.96. The van der Waals surface area contributed by atoms with E-state index >= 15 is 0 Å². The molecule has 0 radical (unpaired) electrons. The van der Waals surface area contributed by atoms with E-state index in [1.165, 1.54) is 12.1 Å². The van der Waals surface area contributed by atoms with Crippen LogP contribution in [0.2, 0.25) is 5.15 Å². The number of rotatable bonds is 2. The van der Waals surface area contributed by atoms with Crippen molar-refractivity contribution in [1.29, 1.82) is 0 Å². The molecule has 0 saturated heterocycles. The van der Waals surface area contributed by atoms with Gasteiger partial charge in [0.15, 0.2) is 5.65 Å². The molecule has 3 aromatic rings. The summed E-state index contributed by atoms with van der Waals surface area (Å²) in [7, 11) is 0. The average Bonchev–Trinajstić information content (AvgIpc) is 3.10. The van der Waals surface area contributed by atoms with Gasteiger partial charge in [-0.25, -0.2) is 18.3 Å². The molecule has 2 aromatic heterocycles. The Morgan fingerprint density at radius 1 is 1.14 bits per heavy atom. The highest BCUT2D eigenvalue weighted by Gasteiger charge is 2.42. The first kappa shape index (κ1) is 12.7. The van der Waals surface area contributed by atoms with E-state index in [0.29, 0.717) is 16.4 Å². The van der Waals surface area contributed by atoms with E-state index < -0.39 is 5.82 Å². The molecule has 1 saturated carbocycles. The van der Waals surface area contributed by atoms with E-state index in [1.54, 1.807) is 23.0 Å². The van der Waals surface area contributed by atoms with Gasteiger partial charge in [-0.3, -0.25) is 0 Å². The second-order valence-electron chi connectivity index (χ2n) is 5.23. The van der Waals surface area contributed by atoms with Gasteiger partial charge in [0.2, 0.25) is 0 Å². The second-order valence-corrected chi connectivity index (χ2v) is 5.62. The van der Waals surface area contributed by atoms with Crippen LogP contribution in [0.15, 0.2) is 36.7 Å². The topological polar surface area (TPSA) is 30.2 Å². The molecular weight excluding hydrogens is 296 g/mol. The Balaban J connectivity index is 1.76. The first-order valence-electron chi connectivity index (χ1n) is 6.58. The largest absolute Gasteiger partial charge is 0.235 e. The molecule has 3 nitrogen and oxygen atoms in total. The van der Waals surface area contributed by atoms with Crippen molar-refractivity contribution >= 4 is 17.2 Å². The van der Waals surface area contributed by atoms with Crippen LogP contribution in [0.1, 0.15) is 29.4 Å². The van der Waals surface area contributed by atoms with Crippen molar-refractivity contribution in [3.8, 4) is 0 Å². The van der Waals surface area contributed by atoms with Gasteiger partial charge >= 0.3 is 0 Å². The van der Waals surface area contributed by atoms with Gasteiger partial charge in [-0.15, -0.1) is 0 Å². The number of fused-ring (bicyclic) bond motifs is 1. The van der Waals surface area contributed by atoms with E-state index in [0.717, 1.165) is 18.1 Å². The molecule has 1 aromatic carbocycles. The van der Waals surface area contributed by atoms with Crippen LogP contribution in [0.5, 0.6) is 0 Å². The Hall–Kier alpha value is -2.01. The number of halogens is 3. The minimum absolute atomic E-state index is 0.0420. The molecule has 0 aliphatic heterocycles. The summed E-state index contributed by atoms with van der Waals surface area (Å²) in [6, 6.07) is 5.33. The van der Waals surface area contributed by atoms with E-state index in [-0.39, 0.29) is 17.7 Å².